The number of nitrogens with zero attached hydrogens (tertiary/aromatic N) is 1. The van der Waals surface area contributed by atoms with Gasteiger partial charge < -0.3 is 14.1 Å². The second-order valence-electron chi connectivity index (χ2n) is 9.61. The minimum absolute atomic E-state index is 0.00364. The van der Waals surface area contributed by atoms with Gasteiger partial charge in [0.1, 0.15) is 6.04 Å². The van der Waals surface area contributed by atoms with Crippen LogP contribution in [0.25, 0.3) is 0 Å². The second-order valence-corrected chi connectivity index (χ2v) is 14.4. The molecule has 0 bridgehead atoms. The Morgan fingerprint density at radius 1 is 1.26 bits per heavy atom. The van der Waals surface area contributed by atoms with Crippen LogP contribution in [-0.2, 0) is 18.8 Å². The average molecular weight is 442 g/mol. The molecule has 0 N–H and O–H groups in total. The van der Waals surface area contributed by atoms with E-state index in [2.05, 4.69) is 50.4 Å². The average Bonchev–Trinajstić information content (AvgIpc) is 2.67. The number of hydrogen-bond acceptors (Lipinski definition) is 4. The first kappa shape index (κ1) is 24.9. The van der Waals surface area contributed by atoms with Crippen molar-refractivity contribution in [2.45, 2.75) is 64.9 Å². The van der Waals surface area contributed by atoms with E-state index in [0.29, 0.717) is 6.54 Å². The summed E-state index contributed by atoms with van der Waals surface area (Å²) in [4.78, 5) is 26.1. The third-order valence-electron chi connectivity index (χ3n) is 6.21. The van der Waals surface area contributed by atoms with Crippen LogP contribution in [-0.4, -0.2) is 50.9 Å². The topological polar surface area (TPSA) is 55.8 Å². The van der Waals surface area contributed by atoms with Crippen LogP contribution in [0.15, 0.2) is 36.4 Å². The molecule has 0 saturated carbocycles. The van der Waals surface area contributed by atoms with Crippen molar-refractivity contribution < 1.29 is 18.8 Å². The molecule has 1 heterocycles. The van der Waals surface area contributed by atoms with Gasteiger partial charge in [-0.1, -0.05) is 56.4 Å². The van der Waals surface area contributed by atoms with Gasteiger partial charge in [-0.2, -0.15) is 0 Å². The lowest BCUT2D eigenvalue weighted by Gasteiger charge is -2.49. The van der Waals surface area contributed by atoms with Gasteiger partial charge in [-0.25, -0.2) is 4.79 Å². The number of amides is 1. The number of esters is 1. The van der Waals surface area contributed by atoms with Crippen LogP contribution in [0, 0.1) is 24.7 Å². The highest BCUT2D eigenvalue weighted by atomic mass is 28.4. The highest BCUT2D eigenvalue weighted by Crippen LogP contribution is 2.40. The molecule has 1 aromatic carbocycles. The van der Waals surface area contributed by atoms with Crippen molar-refractivity contribution in [3.63, 3.8) is 0 Å². The van der Waals surface area contributed by atoms with Gasteiger partial charge in [0, 0.05) is 18.2 Å². The van der Waals surface area contributed by atoms with E-state index in [-0.39, 0.29) is 29.0 Å². The number of benzene rings is 1. The van der Waals surface area contributed by atoms with Crippen LogP contribution in [0.2, 0.25) is 18.1 Å². The predicted octanol–water partition coefficient (Wildman–Crippen LogP) is 4.31. The Hall–Kier alpha value is -2.36. The van der Waals surface area contributed by atoms with Gasteiger partial charge in [0.2, 0.25) is 5.91 Å². The Morgan fingerprint density at radius 3 is 2.42 bits per heavy atom. The third kappa shape index (κ3) is 6.08. The molecule has 0 aromatic heterocycles. The molecule has 0 aliphatic carbocycles. The zero-order valence-corrected chi connectivity index (χ0v) is 21.0. The minimum Gasteiger partial charge on any atom is -0.466 e. The lowest BCUT2D eigenvalue weighted by Crippen LogP contribution is -2.65. The summed E-state index contributed by atoms with van der Waals surface area (Å²) in [5.41, 5.74) is 2.08. The van der Waals surface area contributed by atoms with Gasteiger partial charge >= 0.3 is 5.97 Å². The maximum atomic E-state index is 13.0. The standard InChI is InChI=1S/C25H35NO4Si/c1-18-11-13-20(14-12-18)15-16-21-23(19(2)30-31(7,8)25(3,4)5)24(28)26(21)17-9-10-22(27)29-6/h9-14,19,21,23H,17H2,1-8H3/b10-9+/t19-,21+,23-/m1/s1. The maximum Gasteiger partial charge on any atom is 0.330 e. The van der Waals surface area contributed by atoms with Gasteiger partial charge in [0.15, 0.2) is 8.32 Å². The van der Waals surface area contributed by atoms with Crippen molar-refractivity contribution in [2.24, 2.45) is 5.92 Å². The summed E-state index contributed by atoms with van der Waals surface area (Å²) in [6.45, 7) is 15.3. The normalized spacial score (nSPS) is 20.1. The van der Waals surface area contributed by atoms with Crippen LogP contribution < -0.4 is 0 Å². The number of carbonyl (C=O) groups is 2. The molecule has 5 nitrogen and oxygen atoms in total. The molecule has 0 unspecified atom stereocenters. The molecule has 1 aliphatic rings. The zero-order chi connectivity index (χ0) is 23.4. The molecule has 1 aromatic rings. The van der Waals surface area contributed by atoms with E-state index in [9.17, 15) is 9.59 Å². The summed E-state index contributed by atoms with van der Waals surface area (Å²) in [5.74, 6) is 5.73. The van der Waals surface area contributed by atoms with E-state index in [1.807, 2.05) is 38.1 Å². The summed E-state index contributed by atoms with van der Waals surface area (Å²) in [5, 5.41) is 0.0556. The fraction of sp³-hybridized carbons (Fsp3) is 0.520. The number of carbonyl (C=O) groups excluding carboxylic acids is 2. The molecular formula is C25H35NO4Si. The van der Waals surface area contributed by atoms with E-state index in [0.717, 1.165) is 5.56 Å². The number of ether oxygens (including phenoxy) is 1. The number of methoxy groups -OCH3 is 1. The highest BCUT2D eigenvalue weighted by Gasteiger charge is 2.51. The first-order valence-electron chi connectivity index (χ1n) is 10.7. The summed E-state index contributed by atoms with van der Waals surface area (Å²) in [6, 6.07) is 7.74. The Bertz CT molecular complexity index is 887. The predicted molar refractivity (Wildman–Crippen MR) is 126 cm³/mol. The van der Waals surface area contributed by atoms with Crippen molar-refractivity contribution in [1.29, 1.82) is 0 Å². The molecule has 2 rings (SSSR count). The summed E-state index contributed by atoms with van der Waals surface area (Å²) in [7, 11) is -0.700. The van der Waals surface area contributed by atoms with Gasteiger partial charge in [-0.15, -0.1) is 0 Å². The van der Waals surface area contributed by atoms with Crippen LogP contribution in [0.5, 0.6) is 0 Å². The van der Waals surface area contributed by atoms with Crippen molar-refractivity contribution in [3.05, 3.63) is 47.5 Å². The molecule has 1 amide bonds. The maximum absolute atomic E-state index is 13.0. The Balaban J connectivity index is 2.25. The molecule has 1 fully saturated rings. The molecule has 0 radical (unpaired) electrons. The smallest absolute Gasteiger partial charge is 0.330 e. The molecular weight excluding hydrogens is 406 g/mol. The lowest BCUT2D eigenvalue weighted by molar-refractivity contribution is -0.157. The second kappa shape index (κ2) is 9.84. The van der Waals surface area contributed by atoms with E-state index in [4.69, 9.17) is 4.43 Å². The van der Waals surface area contributed by atoms with E-state index in [1.54, 1.807) is 11.0 Å². The lowest BCUT2D eigenvalue weighted by atomic mass is 9.83. The fourth-order valence-electron chi connectivity index (χ4n) is 3.24. The summed E-state index contributed by atoms with van der Waals surface area (Å²) < 4.78 is 11.1. The molecule has 0 spiro atoms. The number of aryl methyl sites for hydroxylation is 1. The van der Waals surface area contributed by atoms with Crippen molar-refractivity contribution in [3.8, 4) is 11.8 Å². The van der Waals surface area contributed by atoms with E-state index < -0.39 is 14.3 Å². The third-order valence-corrected chi connectivity index (χ3v) is 10.8. The summed E-state index contributed by atoms with van der Waals surface area (Å²) in [6.07, 6.45) is 2.74. The number of rotatable bonds is 6. The monoisotopic (exact) mass is 441 g/mol. The van der Waals surface area contributed by atoms with Gasteiger partial charge in [-0.3, -0.25) is 4.79 Å². The van der Waals surface area contributed by atoms with Gasteiger partial charge in [0.05, 0.1) is 19.1 Å². The molecule has 1 aliphatic heterocycles. The van der Waals surface area contributed by atoms with Crippen LogP contribution in [0.1, 0.15) is 38.8 Å². The number of likely N-dealkylation sites (tertiary alicyclic amines) is 1. The van der Waals surface area contributed by atoms with Crippen molar-refractivity contribution in [1.82, 2.24) is 4.90 Å². The Kier molecular flexibility index (Phi) is 7.91. The number of hydrogen-bond donors (Lipinski definition) is 0. The first-order valence-corrected chi connectivity index (χ1v) is 13.6. The quantitative estimate of drug-likeness (QED) is 0.217. The van der Waals surface area contributed by atoms with Gasteiger partial charge in [-0.05, 0) is 44.1 Å². The molecule has 6 heteroatoms. The van der Waals surface area contributed by atoms with Crippen LogP contribution >= 0.6 is 0 Å². The van der Waals surface area contributed by atoms with Crippen molar-refractivity contribution >= 4 is 20.2 Å². The SMILES string of the molecule is COC(=O)/C=C/CN1C(=O)[C@H]([C@@H](C)O[Si](C)(C)C(C)(C)C)[C@@H]1C#Cc1ccc(C)cc1. The molecule has 1 saturated heterocycles. The van der Waals surface area contributed by atoms with Gasteiger partial charge in [0.25, 0.3) is 0 Å². The molecule has 168 valence electrons. The molecule has 3 atom stereocenters. The largest absolute Gasteiger partial charge is 0.466 e. The Morgan fingerprint density at radius 2 is 1.87 bits per heavy atom. The number of β-lactam (4-membered cyclic amide) rings is 1. The minimum atomic E-state index is -2.03. The highest BCUT2D eigenvalue weighted by molar-refractivity contribution is 6.74. The first-order chi connectivity index (χ1) is 14.4. The van der Waals surface area contributed by atoms with Crippen LogP contribution in [0.4, 0.5) is 0 Å². The molecule has 31 heavy (non-hydrogen) atoms. The van der Waals surface area contributed by atoms with Crippen LogP contribution in [0.3, 0.4) is 0 Å². The van der Waals surface area contributed by atoms with Crippen molar-refractivity contribution in [2.75, 3.05) is 13.7 Å². The summed E-state index contributed by atoms with van der Waals surface area (Å²) >= 11 is 0. The zero-order valence-electron chi connectivity index (χ0n) is 20.0. The van der Waals surface area contributed by atoms with E-state index >= 15 is 0 Å². The van der Waals surface area contributed by atoms with E-state index in [1.165, 1.54) is 18.7 Å². The fourth-order valence-corrected chi connectivity index (χ4v) is 4.67. The Labute approximate surface area is 187 Å².